The number of imidazole rings is 1. The van der Waals surface area contributed by atoms with Crippen LogP contribution in [0.2, 0.25) is 10.0 Å². The van der Waals surface area contributed by atoms with Gasteiger partial charge in [-0.15, -0.1) is 0 Å². The maximum atomic E-state index is 12.1. The standard InChI is InChI=1S/C21H20BCl3N2O/c1-5-14(9-17(24)8-12(2)3)21-26-13(4)19(20(22)28)27(21)11-15-10-16(23)6-7-18(15)25/h5-10,12H,1,11H2,2-4H3/b14-9+,17-8+. The summed E-state index contributed by atoms with van der Waals surface area (Å²) in [7, 11) is 5.62. The number of hydrogen-bond donors (Lipinski definition) is 0. The topological polar surface area (TPSA) is 34.9 Å². The lowest BCUT2D eigenvalue weighted by Crippen LogP contribution is -2.13. The Kier molecular flexibility index (Phi) is 7.76. The number of aromatic nitrogens is 2. The zero-order chi connectivity index (χ0) is 21.0. The lowest BCUT2D eigenvalue weighted by Gasteiger charge is -2.13. The van der Waals surface area contributed by atoms with Crippen LogP contribution in [0.25, 0.3) is 5.57 Å². The van der Waals surface area contributed by atoms with Gasteiger partial charge in [0.05, 0.1) is 17.9 Å². The Morgan fingerprint density at radius 1 is 1.36 bits per heavy atom. The molecule has 3 nitrogen and oxygen atoms in total. The SMILES string of the molecule is [B]C(=O)c1c(C)nc(/C(C=C)=C/C(Cl)=C\C(C)C)n1Cc1cc(Cl)ccc1Cl. The van der Waals surface area contributed by atoms with Crippen LogP contribution in [0.15, 0.2) is 48.0 Å². The second-order valence-electron chi connectivity index (χ2n) is 6.65. The maximum Gasteiger partial charge on any atom is 0.177 e. The van der Waals surface area contributed by atoms with Crippen LogP contribution >= 0.6 is 34.8 Å². The molecule has 0 spiro atoms. The summed E-state index contributed by atoms with van der Waals surface area (Å²) in [4.78, 5) is 16.6. The molecule has 0 fully saturated rings. The number of carbonyl (C=O) groups is 1. The third-order valence-corrected chi connectivity index (χ3v) is 4.81. The van der Waals surface area contributed by atoms with Crippen LogP contribution in [-0.4, -0.2) is 23.1 Å². The van der Waals surface area contributed by atoms with E-state index in [4.69, 9.17) is 42.6 Å². The number of rotatable bonds is 7. The molecule has 0 aliphatic rings. The molecule has 7 heteroatoms. The molecule has 1 heterocycles. The van der Waals surface area contributed by atoms with Crippen molar-refractivity contribution in [2.45, 2.75) is 27.3 Å². The van der Waals surface area contributed by atoms with Gasteiger partial charge in [-0.1, -0.05) is 67.4 Å². The average Bonchev–Trinajstić information content (AvgIpc) is 2.91. The number of nitrogens with zero attached hydrogens (tertiary/aromatic N) is 2. The van der Waals surface area contributed by atoms with Gasteiger partial charge in [0.1, 0.15) is 11.5 Å². The summed E-state index contributed by atoms with van der Waals surface area (Å²) in [6, 6.07) is 5.16. The molecular weight excluding hydrogens is 413 g/mol. The minimum atomic E-state index is -0.582. The van der Waals surface area contributed by atoms with Crippen LogP contribution in [0.1, 0.15) is 41.4 Å². The molecule has 0 N–H and O–H groups in total. The van der Waals surface area contributed by atoms with Crippen molar-refractivity contribution in [3.63, 3.8) is 0 Å². The molecule has 0 saturated heterocycles. The second-order valence-corrected chi connectivity index (χ2v) is 7.93. The average molecular weight is 434 g/mol. The lowest BCUT2D eigenvalue weighted by molar-refractivity contribution is 0.107. The van der Waals surface area contributed by atoms with Crippen LogP contribution in [0.3, 0.4) is 0 Å². The molecule has 1 aromatic carbocycles. The third kappa shape index (κ3) is 5.41. The van der Waals surface area contributed by atoms with Crippen molar-refractivity contribution in [3.05, 3.63) is 80.9 Å². The molecule has 2 aromatic rings. The second kappa shape index (κ2) is 9.64. The van der Waals surface area contributed by atoms with Gasteiger partial charge < -0.3 is 9.36 Å². The van der Waals surface area contributed by atoms with Crippen molar-refractivity contribution in [2.75, 3.05) is 0 Å². The minimum Gasteiger partial charge on any atom is -0.318 e. The molecule has 0 atom stereocenters. The highest BCUT2D eigenvalue weighted by atomic mass is 35.5. The first-order valence-electron chi connectivity index (χ1n) is 8.66. The highest BCUT2D eigenvalue weighted by molar-refractivity contribution is 6.62. The fourth-order valence-corrected chi connectivity index (χ4v) is 3.57. The summed E-state index contributed by atoms with van der Waals surface area (Å²) in [5, 5.41) is 1.62. The van der Waals surface area contributed by atoms with Crippen molar-refractivity contribution < 1.29 is 4.79 Å². The van der Waals surface area contributed by atoms with E-state index in [9.17, 15) is 4.79 Å². The van der Waals surface area contributed by atoms with Gasteiger partial charge in [-0.3, -0.25) is 0 Å². The zero-order valence-corrected chi connectivity index (χ0v) is 18.2. The summed E-state index contributed by atoms with van der Waals surface area (Å²) in [5.41, 5.74) is 1.62. The molecule has 0 aliphatic carbocycles. The van der Waals surface area contributed by atoms with Crippen molar-refractivity contribution in [1.29, 1.82) is 0 Å². The van der Waals surface area contributed by atoms with E-state index in [0.717, 1.165) is 5.56 Å². The minimum absolute atomic E-state index is 0.268. The summed E-state index contributed by atoms with van der Waals surface area (Å²) in [6.45, 7) is 9.92. The lowest BCUT2D eigenvalue weighted by atomic mass is 9.98. The van der Waals surface area contributed by atoms with Crippen LogP contribution in [0.4, 0.5) is 0 Å². The van der Waals surface area contributed by atoms with Gasteiger partial charge in [-0.25, -0.2) is 4.98 Å². The Morgan fingerprint density at radius 2 is 2.04 bits per heavy atom. The van der Waals surface area contributed by atoms with Crippen molar-refractivity contribution >= 4 is 53.9 Å². The van der Waals surface area contributed by atoms with Gasteiger partial charge in [0, 0.05) is 20.7 Å². The van der Waals surface area contributed by atoms with Gasteiger partial charge in [-0.2, -0.15) is 0 Å². The smallest absolute Gasteiger partial charge is 0.177 e. The Morgan fingerprint density at radius 3 is 2.61 bits per heavy atom. The molecule has 28 heavy (non-hydrogen) atoms. The van der Waals surface area contributed by atoms with E-state index in [2.05, 4.69) is 11.6 Å². The van der Waals surface area contributed by atoms with E-state index in [1.165, 1.54) is 0 Å². The van der Waals surface area contributed by atoms with E-state index >= 15 is 0 Å². The quantitative estimate of drug-likeness (QED) is 0.385. The Bertz CT molecular complexity index is 974. The largest absolute Gasteiger partial charge is 0.318 e. The fourth-order valence-electron chi connectivity index (χ4n) is 2.82. The molecule has 0 saturated carbocycles. The number of aryl methyl sites for hydroxylation is 1. The van der Waals surface area contributed by atoms with Crippen LogP contribution in [-0.2, 0) is 6.54 Å². The Hall–Kier alpha value is -1.75. The molecule has 0 bridgehead atoms. The first-order valence-corrected chi connectivity index (χ1v) is 9.80. The predicted octanol–water partition coefficient (Wildman–Crippen LogP) is 6.20. The van der Waals surface area contributed by atoms with E-state index in [1.54, 1.807) is 41.8 Å². The molecule has 0 unspecified atom stereocenters. The highest BCUT2D eigenvalue weighted by Gasteiger charge is 2.20. The molecule has 0 aliphatic heterocycles. The Labute approximate surface area is 182 Å². The number of carbonyl (C=O) groups excluding carboxylic acids is 1. The maximum absolute atomic E-state index is 12.1. The molecule has 2 radical (unpaired) electrons. The number of allylic oxidation sites excluding steroid dienone is 5. The van der Waals surface area contributed by atoms with Gasteiger partial charge in [0.2, 0.25) is 0 Å². The number of halogens is 3. The highest BCUT2D eigenvalue weighted by Crippen LogP contribution is 2.27. The normalized spacial score (nSPS) is 12.5. The first kappa shape index (κ1) is 22.5. The predicted molar refractivity (Wildman–Crippen MR) is 120 cm³/mol. The number of benzene rings is 1. The van der Waals surface area contributed by atoms with Crippen molar-refractivity contribution in [3.8, 4) is 0 Å². The van der Waals surface area contributed by atoms with Gasteiger partial charge >= 0.3 is 0 Å². The van der Waals surface area contributed by atoms with Crippen molar-refractivity contribution in [2.24, 2.45) is 5.92 Å². The van der Waals surface area contributed by atoms with Crippen LogP contribution in [0, 0.1) is 12.8 Å². The molecule has 0 amide bonds. The monoisotopic (exact) mass is 432 g/mol. The summed E-state index contributed by atoms with van der Waals surface area (Å²) >= 11 is 18.8. The summed E-state index contributed by atoms with van der Waals surface area (Å²) in [5.74, 6) is 0.801. The van der Waals surface area contributed by atoms with Crippen LogP contribution in [0.5, 0.6) is 0 Å². The molecule has 1 aromatic heterocycles. The molecular formula is C21H20BCl3N2O. The van der Waals surface area contributed by atoms with Crippen LogP contribution < -0.4 is 0 Å². The third-order valence-electron chi connectivity index (χ3n) is 3.98. The summed E-state index contributed by atoms with van der Waals surface area (Å²) < 4.78 is 1.71. The van der Waals surface area contributed by atoms with E-state index < -0.39 is 5.68 Å². The molecule has 2 rings (SSSR count). The van der Waals surface area contributed by atoms with Crippen molar-refractivity contribution in [1.82, 2.24) is 9.55 Å². The molecule has 144 valence electrons. The zero-order valence-electron chi connectivity index (χ0n) is 16.0. The van der Waals surface area contributed by atoms with E-state index in [1.807, 2.05) is 19.9 Å². The first-order chi connectivity index (χ1) is 13.1. The van der Waals surface area contributed by atoms with E-state index in [-0.39, 0.29) is 12.5 Å². The summed E-state index contributed by atoms with van der Waals surface area (Å²) in [6.07, 6.45) is 5.31. The Balaban J connectivity index is 2.66. The van der Waals surface area contributed by atoms with Gasteiger partial charge in [-0.05, 0) is 42.7 Å². The van der Waals surface area contributed by atoms with Gasteiger partial charge in [0.25, 0.3) is 0 Å². The van der Waals surface area contributed by atoms with E-state index in [0.29, 0.717) is 37.9 Å². The van der Waals surface area contributed by atoms with Gasteiger partial charge in [0.15, 0.2) is 7.85 Å². The fraction of sp³-hybridized carbons (Fsp3) is 0.238. The number of hydrogen-bond acceptors (Lipinski definition) is 2.